The quantitative estimate of drug-likeness (QED) is 0.556. The molecule has 0 aliphatic rings. The summed E-state index contributed by atoms with van der Waals surface area (Å²) in [6.45, 7) is 1.59. The Balaban J connectivity index is 2.57. The number of aliphatic hydroxyl groups is 1. The van der Waals surface area contributed by atoms with Gasteiger partial charge in [-0.15, -0.1) is 0 Å². The van der Waals surface area contributed by atoms with Crippen LogP contribution in [0.1, 0.15) is 5.56 Å². The number of hydrogen-bond acceptors (Lipinski definition) is 3. The van der Waals surface area contributed by atoms with Crippen LogP contribution in [0.2, 0.25) is 0 Å². The molecule has 0 saturated heterocycles. The fourth-order valence-electron chi connectivity index (χ4n) is 1.22. The summed E-state index contributed by atoms with van der Waals surface area (Å²) < 4.78 is 4.93. The fourth-order valence-corrected chi connectivity index (χ4v) is 1.22. The molecule has 0 heterocycles. The number of aliphatic hydroxyl groups excluding tert-OH is 1. The molecule has 1 aromatic carbocycles. The van der Waals surface area contributed by atoms with Gasteiger partial charge in [-0.3, -0.25) is 0 Å². The first kappa shape index (κ1) is 10.8. The number of phenolic OH excluding ortho intramolecular Hbond substituents is 1. The minimum Gasteiger partial charge on any atom is -0.504 e. The number of rotatable bonds is 5. The Bertz CT molecular complexity index is 289. The fraction of sp³-hybridized carbons (Fsp3) is 0.400. The van der Waals surface area contributed by atoms with Crippen molar-refractivity contribution in [3.63, 3.8) is 0 Å². The number of ether oxygens (including phenoxy) is 1. The third-order valence-electron chi connectivity index (χ3n) is 1.96. The molecule has 14 heavy (non-hydrogen) atoms. The number of nitrogens with two attached hydrogens (primary N) is 1. The van der Waals surface area contributed by atoms with E-state index in [0.717, 1.165) is 12.1 Å². The number of aromatic hydroxyl groups is 1. The maximum atomic E-state index is 9.46. The Hall–Kier alpha value is -1.26. The van der Waals surface area contributed by atoms with E-state index in [1.165, 1.54) is 7.11 Å². The zero-order valence-corrected chi connectivity index (χ0v) is 8.23. The molecule has 1 aromatic rings. The average molecular weight is 198 g/mol. The van der Waals surface area contributed by atoms with E-state index in [2.05, 4.69) is 0 Å². The van der Waals surface area contributed by atoms with Gasteiger partial charge in [-0.1, -0.05) is 0 Å². The first-order valence-electron chi connectivity index (χ1n) is 4.56. The van der Waals surface area contributed by atoms with Crippen LogP contribution in [0.25, 0.3) is 0 Å². The molecule has 4 nitrogen and oxygen atoms in total. The summed E-state index contributed by atoms with van der Waals surface area (Å²) in [5, 5.41) is 20.0. The van der Waals surface area contributed by atoms with Crippen molar-refractivity contribution < 1.29 is 20.3 Å². The Kier molecular flexibility index (Phi) is 4.22. The van der Waals surface area contributed by atoms with E-state index in [1.807, 2.05) is 11.4 Å². The number of methoxy groups -OCH3 is 1. The highest BCUT2D eigenvalue weighted by Crippen LogP contribution is 2.25. The number of hydrogen-bond donors (Lipinski definition) is 3. The molecule has 0 saturated carbocycles. The molecule has 0 unspecified atom stereocenters. The van der Waals surface area contributed by atoms with E-state index in [4.69, 9.17) is 9.84 Å². The monoisotopic (exact) mass is 198 g/mol. The van der Waals surface area contributed by atoms with Crippen molar-refractivity contribution in [1.29, 1.82) is 0 Å². The van der Waals surface area contributed by atoms with Crippen LogP contribution in [0.3, 0.4) is 0 Å². The zero-order chi connectivity index (χ0) is 10.4. The topological polar surface area (TPSA) is 66.3 Å². The Labute approximate surface area is 83.1 Å². The molecule has 0 atom stereocenters. The minimum atomic E-state index is 0.155. The SMILES string of the molecule is COc1ccc(C[NH2+]CCO)cc1O. The lowest BCUT2D eigenvalue weighted by atomic mass is 10.2. The Morgan fingerprint density at radius 3 is 2.79 bits per heavy atom. The third-order valence-corrected chi connectivity index (χ3v) is 1.96. The lowest BCUT2D eigenvalue weighted by Crippen LogP contribution is -2.83. The van der Waals surface area contributed by atoms with Crippen molar-refractivity contribution >= 4 is 0 Å². The van der Waals surface area contributed by atoms with Crippen LogP contribution in [0, 0.1) is 0 Å². The van der Waals surface area contributed by atoms with Crippen molar-refractivity contribution in [3.05, 3.63) is 23.8 Å². The molecular weight excluding hydrogens is 182 g/mol. The molecule has 0 aliphatic carbocycles. The second-order valence-corrected chi connectivity index (χ2v) is 3.01. The molecule has 0 spiro atoms. The Morgan fingerprint density at radius 2 is 2.21 bits per heavy atom. The van der Waals surface area contributed by atoms with Gasteiger partial charge in [0.2, 0.25) is 0 Å². The standard InChI is InChI=1S/C10H15NO3/c1-14-10-3-2-8(6-9(10)13)7-11-4-5-12/h2-3,6,11-13H,4-5,7H2,1H3/p+1. The van der Waals surface area contributed by atoms with Gasteiger partial charge in [-0.25, -0.2) is 0 Å². The van der Waals surface area contributed by atoms with Crippen molar-refractivity contribution in [1.82, 2.24) is 0 Å². The first-order chi connectivity index (χ1) is 6.77. The Morgan fingerprint density at radius 1 is 1.43 bits per heavy atom. The van der Waals surface area contributed by atoms with E-state index >= 15 is 0 Å². The van der Waals surface area contributed by atoms with Gasteiger partial charge in [0.25, 0.3) is 0 Å². The highest BCUT2D eigenvalue weighted by Gasteiger charge is 2.02. The average Bonchev–Trinajstić information content (AvgIpc) is 2.18. The normalized spacial score (nSPS) is 10.1. The molecule has 0 fully saturated rings. The van der Waals surface area contributed by atoms with Crippen LogP contribution in [0.4, 0.5) is 0 Å². The number of quaternary nitrogens is 1. The van der Waals surface area contributed by atoms with Crippen LogP contribution < -0.4 is 10.1 Å². The van der Waals surface area contributed by atoms with E-state index in [0.29, 0.717) is 12.3 Å². The van der Waals surface area contributed by atoms with E-state index in [9.17, 15) is 5.11 Å². The molecule has 4 heteroatoms. The summed E-state index contributed by atoms with van der Waals surface area (Å²) in [4.78, 5) is 0. The summed E-state index contributed by atoms with van der Waals surface area (Å²) in [6.07, 6.45) is 0. The van der Waals surface area contributed by atoms with E-state index < -0.39 is 0 Å². The summed E-state index contributed by atoms with van der Waals surface area (Å²) in [6, 6.07) is 5.30. The molecule has 78 valence electrons. The zero-order valence-electron chi connectivity index (χ0n) is 8.23. The molecule has 0 bridgehead atoms. The molecule has 4 N–H and O–H groups in total. The molecule has 1 rings (SSSR count). The maximum absolute atomic E-state index is 9.46. The van der Waals surface area contributed by atoms with Gasteiger partial charge in [0.1, 0.15) is 6.54 Å². The smallest absolute Gasteiger partial charge is 0.160 e. The van der Waals surface area contributed by atoms with Crippen molar-refractivity contribution in [2.75, 3.05) is 20.3 Å². The lowest BCUT2D eigenvalue weighted by molar-refractivity contribution is -0.671. The van der Waals surface area contributed by atoms with Crippen molar-refractivity contribution in [2.45, 2.75) is 6.54 Å². The molecular formula is C10H16NO3+. The molecule has 0 aromatic heterocycles. The number of phenols is 1. The van der Waals surface area contributed by atoms with Crippen LogP contribution in [0.15, 0.2) is 18.2 Å². The number of benzene rings is 1. The van der Waals surface area contributed by atoms with Crippen molar-refractivity contribution in [2.24, 2.45) is 0 Å². The van der Waals surface area contributed by atoms with Gasteiger partial charge < -0.3 is 20.3 Å². The maximum Gasteiger partial charge on any atom is 0.160 e. The molecule has 0 aliphatic heterocycles. The predicted octanol–water partition coefficient (Wildman–Crippen LogP) is -0.543. The van der Waals surface area contributed by atoms with E-state index in [-0.39, 0.29) is 12.4 Å². The van der Waals surface area contributed by atoms with Gasteiger partial charge in [0.05, 0.1) is 20.3 Å². The summed E-state index contributed by atoms with van der Waals surface area (Å²) in [5.41, 5.74) is 1.01. The van der Waals surface area contributed by atoms with Gasteiger partial charge >= 0.3 is 0 Å². The van der Waals surface area contributed by atoms with Crippen LogP contribution in [-0.4, -0.2) is 30.5 Å². The van der Waals surface area contributed by atoms with Gasteiger partial charge in [-0.2, -0.15) is 0 Å². The predicted molar refractivity (Wildman–Crippen MR) is 52.2 cm³/mol. The summed E-state index contributed by atoms with van der Waals surface area (Å²) in [5.74, 6) is 0.637. The second kappa shape index (κ2) is 5.47. The minimum absolute atomic E-state index is 0.155. The van der Waals surface area contributed by atoms with Gasteiger partial charge in [-0.05, 0) is 18.2 Å². The van der Waals surface area contributed by atoms with Crippen LogP contribution in [0.5, 0.6) is 11.5 Å². The largest absolute Gasteiger partial charge is 0.504 e. The molecule has 0 amide bonds. The van der Waals surface area contributed by atoms with E-state index in [1.54, 1.807) is 12.1 Å². The highest BCUT2D eigenvalue weighted by molar-refractivity contribution is 5.41. The van der Waals surface area contributed by atoms with Crippen LogP contribution in [-0.2, 0) is 6.54 Å². The third kappa shape index (κ3) is 2.90. The van der Waals surface area contributed by atoms with Crippen molar-refractivity contribution in [3.8, 4) is 11.5 Å². The lowest BCUT2D eigenvalue weighted by Gasteiger charge is -2.05. The summed E-state index contributed by atoms with van der Waals surface area (Å²) in [7, 11) is 1.52. The second-order valence-electron chi connectivity index (χ2n) is 3.01. The van der Waals surface area contributed by atoms with Gasteiger partial charge in [0.15, 0.2) is 11.5 Å². The van der Waals surface area contributed by atoms with Crippen LogP contribution >= 0.6 is 0 Å². The first-order valence-corrected chi connectivity index (χ1v) is 4.56. The molecule has 0 radical (unpaired) electrons. The highest BCUT2D eigenvalue weighted by atomic mass is 16.5. The summed E-state index contributed by atoms with van der Waals surface area (Å²) >= 11 is 0. The van der Waals surface area contributed by atoms with Gasteiger partial charge in [0, 0.05) is 5.56 Å².